The van der Waals surface area contributed by atoms with Crippen LogP contribution < -0.4 is 20.1 Å². The number of Topliss-reactive ketones (excluding diaryl/α,β-unsaturated/α-hetero) is 1. The van der Waals surface area contributed by atoms with Crippen molar-refractivity contribution in [2.45, 2.75) is 25.4 Å². The van der Waals surface area contributed by atoms with Crippen molar-refractivity contribution in [1.82, 2.24) is 15.5 Å². The molecule has 2 heterocycles. The molecule has 3 N–H and O–H groups in total. The maximum atomic E-state index is 12.7. The maximum Gasteiger partial charge on any atom is 0.316 e. The lowest BCUT2D eigenvalue weighted by Gasteiger charge is -2.27. The Morgan fingerprint density at radius 3 is 2.62 bits per heavy atom. The molecule has 0 fully saturated rings. The number of ether oxygens (including phenoxy) is 2. The van der Waals surface area contributed by atoms with E-state index in [-0.39, 0.29) is 6.79 Å². The summed E-state index contributed by atoms with van der Waals surface area (Å²) in [5.74, 6) is -0.964. The Balaban J connectivity index is 1.54. The molecule has 2 atom stereocenters. The van der Waals surface area contributed by atoms with E-state index in [1.807, 2.05) is 18.2 Å². The summed E-state index contributed by atoms with van der Waals surface area (Å²) in [7, 11) is 1.49. The van der Waals surface area contributed by atoms with Crippen molar-refractivity contribution in [2.75, 3.05) is 13.8 Å². The van der Waals surface area contributed by atoms with Gasteiger partial charge in [0.05, 0.1) is 12.5 Å². The molecule has 0 aromatic heterocycles. The molecule has 10 nitrogen and oxygen atoms in total. The Bertz CT molecular complexity index is 1210. The third-order valence-corrected chi connectivity index (χ3v) is 5.59. The van der Waals surface area contributed by atoms with Crippen LogP contribution in [0.5, 0.6) is 11.5 Å². The first-order valence-corrected chi connectivity index (χ1v) is 10.5. The second-order valence-corrected chi connectivity index (χ2v) is 8.02. The van der Waals surface area contributed by atoms with Gasteiger partial charge in [-0.25, -0.2) is 4.79 Å². The quantitative estimate of drug-likeness (QED) is 0.557. The predicted octanol–water partition coefficient (Wildman–Crippen LogP) is 2.21. The van der Waals surface area contributed by atoms with Crippen LogP contribution in [0.3, 0.4) is 0 Å². The van der Waals surface area contributed by atoms with Gasteiger partial charge in [-0.15, -0.1) is 0 Å². The number of hydrogen-bond acceptors (Lipinski definition) is 6. The van der Waals surface area contributed by atoms with Crippen molar-refractivity contribution in [1.29, 1.82) is 0 Å². The first-order valence-electron chi connectivity index (χ1n) is 10.5. The number of carbonyl (C=O) groups excluding carboxylic acids is 3. The average molecular weight is 465 g/mol. The van der Waals surface area contributed by atoms with Crippen LogP contribution in [-0.4, -0.2) is 53.6 Å². The molecule has 2 aliphatic heterocycles. The number of carbonyl (C=O) groups is 4. The summed E-state index contributed by atoms with van der Waals surface area (Å²) in [4.78, 5) is 50.1. The second kappa shape index (κ2) is 9.26. The van der Waals surface area contributed by atoms with Crippen molar-refractivity contribution in [3.05, 3.63) is 59.8 Å². The summed E-state index contributed by atoms with van der Waals surface area (Å²) in [6.07, 6.45) is 0.999. The number of fused-ring (bicyclic) bond motifs is 1. The number of carboxylic acids is 1. The fraction of sp³-hybridized carbons (Fsp3) is 0.250. The second-order valence-electron chi connectivity index (χ2n) is 8.02. The molecule has 3 amide bonds. The van der Waals surface area contributed by atoms with E-state index in [0.717, 1.165) is 11.1 Å². The number of rotatable bonds is 6. The largest absolute Gasteiger partial charge is 0.481 e. The molecule has 4 rings (SSSR count). The van der Waals surface area contributed by atoms with E-state index in [2.05, 4.69) is 10.6 Å². The lowest BCUT2D eigenvalue weighted by atomic mass is 9.97. The number of aliphatic carboxylic acids is 1. The minimum absolute atomic E-state index is 0.148. The summed E-state index contributed by atoms with van der Waals surface area (Å²) < 4.78 is 10.8. The lowest BCUT2D eigenvalue weighted by molar-refractivity contribution is -0.138. The van der Waals surface area contributed by atoms with Crippen LogP contribution in [0, 0.1) is 0 Å². The normalized spacial score (nSPS) is 17.8. The van der Waals surface area contributed by atoms with Crippen LogP contribution in [-0.2, 0) is 14.4 Å². The monoisotopic (exact) mass is 465 g/mol. The number of hydrogen-bond donors (Lipinski definition) is 3. The molecule has 0 spiro atoms. The maximum absolute atomic E-state index is 12.7. The first-order chi connectivity index (χ1) is 16.2. The van der Waals surface area contributed by atoms with E-state index in [9.17, 15) is 24.3 Å². The molecule has 0 bridgehead atoms. The highest BCUT2D eigenvalue weighted by atomic mass is 16.7. The van der Waals surface area contributed by atoms with Crippen LogP contribution in [0.25, 0.3) is 11.1 Å². The fourth-order valence-corrected chi connectivity index (χ4v) is 3.86. The summed E-state index contributed by atoms with van der Waals surface area (Å²) in [6.45, 7) is 1.70. The highest BCUT2D eigenvalue weighted by Crippen LogP contribution is 2.36. The number of ketones is 1. The van der Waals surface area contributed by atoms with Gasteiger partial charge in [0, 0.05) is 18.8 Å². The summed E-state index contributed by atoms with van der Waals surface area (Å²) in [5.41, 5.74) is 2.48. The number of nitrogens with one attached hydrogen (secondary N) is 2. The van der Waals surface area contributed by atoms with Crippen molar-refractivity contribution >= 4 is 23.7 Å². The van der Waals surface area contributed by atoms with Gasteiger partial charge < -0.3 is 30.1 Å². The molecule has 0 saturated heterocycles. The zero-order valence-corrected chi connectivity index (χ0v) is 18.5. The highest BCUT2D eigenvalue weighted by Gasteiger charge is 2.35. The van der Waals surface area contributed by atoms with Gasteiger partial charge >= 0.3 is 12.0 Å². The van der Waals surface area contributed by atoms with Crippen molar-refractivity contribution in [3.63, 3.8) is 0 Å². The molecule has 10 heteroatoms. The molecule has 34 heavy (non-hydrogen) atoms. The molecule has 2 unspecified atom stereocenters. The van der Waals surface area contributed by atoms with Gasteiger partial charge in [0.2, 0.25) is 6.79 Å². The van der Waals surface area contributed by atoms with Gasteiger partial charge in [0.1, 0.15) is 0 Å². The zero-order chi connectivity index (χ0) is 24.4. The molecule has 2 aromatic carbocycles. The molecule has 176 valence electrons. The van der Waals surface area contributed by atoms with E-state index in [1.54, 1.807) is 31.2 Å². The zero-order valence-electron chi connectivity index (χ0n) is 18.5. The van der Waals surface area contributed by atoms with Crippen molar-refractivity contribution < 1.29 is 33.8 Å². The Hall–Kier alpha value is -4.34. The first kappa shape index (κ1) is 22.8. The molecular weight excluding hydrogens is 442 g/mol. The van der Waals surface area contributed by atoms with Gasteiger partial charge in [-0.05, 0) is 41.8 Å². The van der Waals surface area contributed by atoms with Crippen molar-refractivity contribution in [3.8, 4) is 22.6 Å². The number of benzene rings is 2. The summed E-state index contributed by atoms with van der Waals surface area (Å²) >= 11 is 0. The molecular formula is C24H23N3O7. The van der Waals surface area contributed by atoms with Gasteiger partial charge in [0.15, 0.2) is 23.3 Å². The van der Waals surface area contributed by atoms with Gasteiger partial charge in [0.25, 0.3) is 5.91 Å². The molecule has 0 aliphatic carbocycles. The fourth-order valence-electron chi connectivity index (χ4n) is 3.86. The minimum atomic E-state index is -1.37. The smallest absolute Gasteiger partial charge is 0.316 e. The SMILES string of the molecule is CC1=CN(C)C(=O)C(NC(=O)NC(CC(=O)O)c2cccc(-c3ccc4c(c3)OCO4)c2)C1=O. The number of carboxylic acid groups (broad SMARTS) is 1. The Kier molecular flexibility index (Phi) is 6.22. The predicted molar refractivity (Wildman–Crippen MR) is 120 cm³/mol. The highest BCUT2D eigenvalue weighted by molar-refractivity contribution is 6.16. The summed E-state index contributed by atoms with van der Waals surface area (Å²) in [5, 5.41) is 14.4. The third kappa shape index (κ3) is 4.70. The molecule has 0 radical (unpaired) electrons. The van der Waals surface area contributed by atoms with E-state index >= 15 is 0 Å². The van der Waals surface area contributed by atoms with E-state index in [1.165, 1.54) is 18.1 Å². The van der Waals surface area contributed by atoms with E-state index in [0.29, 0.717) is 22.6 Å². The average Bonchev–Trinajstić information content (AvgIpc) is 3.28. The Morgan fingerprint density at radius 2 is 1.85 bits per heavy atom. The van der Waals surface area contributed by atoms with Gasteiger partial charge in [-0.3, -0.25) is 14.4 Å². The number of urea groups is 1. The van der Waals surface area contributed by atoms with E-state index in [4.69, 9.17) is 9.47 Å². The molecule has 0 saturated carbocycles. The lowest BCUT2D eigenvalue weighted by Crippen LogP contribution is -2.56. The third-order valence-electron chi connectivity index (χ3n) is 5.59. The van der Waals surface area contributed by atoms with Gasteiger partial charge in [-0.2, -0.15) is 0 Å². The van der Waals surface area contributed by atoms with Crippen LogP contribution in [0.15, 0.2) is 54.2 Å². The minimum Gasteiger partial charge on any atom is -0.481 e. The number of nitrogens with zero attached hydrogens (tertiary/aromatic N) is 1. The molecule has 2 aromatic rings. The standard InChI is InChI=1S/C24H23N3O7/c1-13-11-27(2)23(31)21(22(13)30)26-24(32)25-17(10-20(28)29)16-5-3-4-14(8-16)15-6-7-18-19(9-15)34-12-33-18/h3-9,11,17,21H,10,12H2,1-2H3,(H,28,29)(H2,25,26,32). The topological polar surface area (TPSA) is 134 Å². The van der Waals surface area contributed by atoms with Crippen molar-refractivity contribution in [2.24, 2.45) is 0 Å². The van der Waals surface area contributed by atoms with Crippen LogP contribution in [0.2, 0.25) is 0 Å². The molecule has 2 aliphatic rings. The van der Waals surface area contributed by atoms with Crippen LogP contribution in [0.4, 0.5) is 4.79 Å². The van der Waals surface area contributed by atoms with Gasteiger partial charge in [-0.1, -0.05) is 24.3 Å². The van der Waals surface area contributed by atoms with Crippen LogP contribution >= 0.6 is 0 Å². The Labute approximate surface area is 195 Å². The number of amides is 3. The number of likely N-dealkylation sites (N-methyl/N-ethyl adjacent to an activating group) is 1. The van der Waals surface area contributed by atoms with Crippen LogP contribution in [0.1, 0.15) is 24.9 Å². The Morgan fingerprint density at radius 1 is 1.12 bits per heavy atom. The summed E-state index contributed by atoms with van der Waals surface area (Å²) in [6, 6.07) is 9.42. The van der Waals surface area contributed by atoms with E-state index < -0.39 is 42.2 Å².